The lowest BCUT2D eigenvalue weighted by Gasteiger charge is -2.15. The zero-order valence-electron chi connectivity index (χ0n) is 19.8. The molecule has 4 rings (SSSR count). The Bertz CT molecular complexity index is 1200. The quantitative estimate of drug-likeness (QED) is 0.468. The van der Waals surface area contributed by atoms with Crippen LogP contribution in [0, 0.1) is 17.8 Å². The SMILES string of the molecule is COC[C@H](C)Oc1cc(C#Cc2cccc(NCC3CC3)c2)cc(C(=O)Nc2ccn(C)n2)c1. The number of ether oxygens (including phenoxy) is 2. The smallest absolute Gasteiger partial charge is 0.257 e. The van der Waals surface area contributed by atoms with E-state index in [0.717, 1.165) is 23.7 Å². The number of nitrogens with one attached hydrogen (secondary N) is 2. The standard InChI is InChI=1S/C27H30N4O3/c1-19(18-33-3)34-25-15-22(13-23(16-25)27(32)29-26-11-12-31(2)30-26)10-7-20-5-4-6-24(14-20)28-17-21-8-9-21/h4-6,11-16,19,21,28H,8-9,17-18H2,1-3H3,(H,29,30,32)/t19-/m0/s1. The molecular weight excluding hydrogens is 428 g/mol. The number of benzene rings is 2. The summed E-state index contributed by atoms with van der Waals surface area (Å²) in [4.78, 5) is 12.9. The summed E-state index contributed by atoms with van der Waals surface area (Å²) in [6, 6.07) is 15.1. The first kappa shape index (κ1) is 23.4. The van der Waals surface area contributed by atoms with Crippen molar-refractivity contribution in [2.75, 3.05) is 30.9 Å². The fourth-order valence-corrected chi connectivity index (χ4v) is 3.48. The maximum atomic E-state index is 12.9. The molecule has 1 heterocycles. The number of anilines is 2. The molecule has 7 nitrogen and oxygen atoms in total. The van der Waals surface area contributed by atoms with Crippen LogP contribution in [0.1, 0.15) is 41.3 Å². The number of hydrogen-bond acceptors (Lipinski definition) is 5. The molecule has 1 fully saturated rings. The van der Waals surface area contributed by atoms with E-state index in [9.17, 15) is 4.79 Å². The van der Waals surface area contributed by atoms with Crippen LogP contribution in [0.3, 0.4) is 0 Å². The summed E-state index contributed by atoms with van der Waals surface area (Å²) in [5.74, 6) is 7.96. The highest BCUT2D eigenvalue weighted by molar-refractivity contribution is 6.04. The van der Waals surface area contributed by atoms with Crippen LogP contribution in [0.15, 0.2) is 54.7 Å². The fraction of sp³-hybridized carbons (Fsp3) is 0.333. The lowest BCUT2D eigenvalue weighted by Crippen LogP contribution is -2.19. The van der Waals surface area contributed by atoms with Crippen LogP contribution >= 0.6 is 0 Å². The van der Waals surface area contributed by atoms with Crippen LogP contribution in [-0.2, 0) is 11.8 Å². The van der Waals surface area contributed by atoms with E-state index in [4.69, 9.17) is 9.47 Å². The minimum Gasteiger partial charge on any atom is -0.488 e. The van der Waals surface area contributed by atoms with E-state index in [2.05, 4.69) is 33.6 Å². The fourth-order valence-electron chi connectivity index (χ4n) is 3.48. The average Bonchev–Trinajstić information content (AvgIpc) is 3.56. The van der Waals surface area contributed by atoms with Gasteiger partial charge in [0.15, 0.2) is 5.82 Å². The molecule has 0 unspecified atom stereocenters. The van der Waals surface area contributed by atoms with Crippen molar-refractivity contribution in [1.82, 2.24) is 9.78 Å². The number of rotatable bonds is 9. The lowest BCUT2D eigenvalue weighted by atomic mass is 10.1. The zero-order chi connectivity index (χ0) is 23.9. The van der Waals surface area contributed by atoms with Crippen LogP contribution in [0.2, 0.25) is 0 Å². The van der Waals surface area contributed by atoms with E-state index in [1.54, 1.807) is 43.2 Å². The molecular formula is C27H30N4O3. The first-order valence-electron chi connectivity index (χ1n) is 11.5. The summed E-state index contributed by atoms with van der Waals surface area (Å²) in [6.07, 6.45) is 4.22. The van der Waals surface area contributed by atoms with E-state index in [-0.39, 0.29) is 12.0 Å². The highest BCUT2D eigenvalue weighted by Crippen LogP contribution is 2.29. The van der Waals surface area contributed by atoms with Gasteiger partial charge in [-0.2, -0.15) is 5.10 Å². The predicted molar refractivity (Wildman–Crippen MR) is 133 cm³/mol. The summed E-state index contributed by atoms with van der Waals surface area (Å²) in [7, 11) is 3.42. The third-order valence-electron chi connectivity index (χ3n) is 5.37. The van der Waals surface area contributed by atoms with Gasteiger partial charge in [-0.3, -0.25) is 9.48 Å². The van der Waals surface area contributed by atoms with E-state index >= 15 is 0 Å². The van der Waals surface area contributed by atoms with Crippen molar-refractivity contribution >= 4 is 17.4 Å². The normalized spacial score (nSPS) is 13.5. The third kappa shape index (κ3) is 6.87. The van der Waals surface area contributed by atoms with Crippen molar-refractivity contribution in [2.45, 2.75) is 25.9 Å². The van der Waals surface area contributed by atoms with Gasteiger partial charge in [0.1, 0.15) is 11.9 Å². The summed E-state index contributed by atoms with van der Waals surface area (Å²) >= 11 is 0. The van der Waals surface area contributed by atoms with Crippen molar-refractivity contribution in [3.63, 3.8) is 0 Å². The largest absolute Gasteiger partial charge is 0.488 e. The first-order chi connectivity index (χ1) is 16.5. The van der Waals surface area contributed by atoms with Gasteiger partial charge in [0.25, 0.3) is 5.91 Å². The van der Waals surface area contributed by atoms with Gasteiger partial charge in [0, 0.05) is 55.3 Å². The monoisotopic (exact) mass is 458 g/mol. The number of hydrogen-bond donors (Lipinski definition) is 2. The van der Waals surface area contributed by atoms with Crippen LogP contribution in [0.4, 0.5) is 11.5 Å². The molecule has 176 valence electrons. The Morgan fingerprint density at radius 1 is 1.18 bits per heavy atom. The van der Waals surface area contributed by atoms with E-state index in [1.165, 1.54) is 12.8 Å². The van der Waals surface area contributed by atoms with Crippen molar-refractivity contribution < 1.29 is 14.3 Å². The van der Waals surface area contributed by atoms with Gasteiger partial charge in [-0.25, -0.2) is 0 Å². The van der Waals surface area contributed by atoms with E-state index < -0.39 is 0 Å². The highest BCUT2D eigenvalue weighted by atomic mass is 16.5. The van der Waals surface area contributed by atoms with Gasteiger partial charge in [0.2, 0.25) is 0 Å². The number of methoxy groups -OCH3 is 1. The number of amides is 1. The number of nitrogens with zero attached hydrogens (tertiary/aromatic N) is 2. The Morgan fingerprint density at radius 2 is 2.00 bits per heavy atom. The Hall–Kier alpha value is -3.76. The highest BCUT2D eigenvalue weighted by Gasteiger charge is 2.20. The van der Waals surface area contributed by atoms with Gasteiger partial charge in [-0.15, -0.1) is 0 Å². The number of carbonyl (C=O) groups is 1. The molecule has 1 aliphatic rings. The van der Waals surface area contributed by atoms with Gasteiger partial charge in [0.05, 0.1) is 6.61 Å². The summed E-state index contributed by atoms with van der Waals surface area (Å²) in [5, 5.41) is 10.5. The molecule has 7 heteroatoms. The number of carbonyl (C=O) groups excluding carboxylic acids is 1. The minimum absolute atomic E-state index is 0.172. The molecule has 0 aliphatic heterocycles. The van der Waals surface area contributed by atoms with Crippen molar-refractivity contribution in [3.8, 4) is 17.6 Å². The topological polar surface area (TPSA) is 77.4 Å². The molecule has 0 spiro atoms. The van der Waals surface area contributed by atoms with E-state index in [0.29, 0.717) is 29.3 Å². The van der Waals surface area contributed by atoms with Crippen LogP contribution in [0.25, 0.3) is 0 Å². The van der Waals surface area contributed by atoms with Gasteiger partial charge in [-0.05, 0) is 62.1 Å². The summed E-state index contributed by atoms with van der Waals surface area (Å²) < 4.78 is 12.8. The molecule has 1 saturated carbocycles. The maximum Gasteiger partial charge on any atom is 0.257 e. The molecule has 0 radical (unpaired) electrons. The molecule has 2 N–H and O–H groups in total. The second kappa shape index (κ2) is 10.9. The summed E-state index contributed by atoms with van der Waals surface area (Å²) in [6.45, 7) is 3.35. The molecule has 34 heavy (non-hydrogen) atoms. The average molecular weight is 459 g/mol. The zero-order valence-corrected chi connectivity index (χ0v) is 19.8. The summed E-state index contributed by atoms with van der Waals surface area (Å²) in [5.41, 5.74) is 3.10. The van der Waals surface area contributed by atoms with Crippen LogP contribution in [0.5, 0.6) is 5.75 Å². The molecule has 0 saturated heterocycles. The lowest BCUT2D eigenvalue weighted by molar-refractivity contribution is 0.0917. The Balaban J connectivity index is 1.56. The third-order valence-corrected chi connectivity index (χ3v) is 5.37. The second-order valence-electron chi connectivity index (χ2n) is 8.61. The number of aromatic nitrogens is 2. The van der Waals surface area contributed by atoms with Crippen molar-refractivity contribution in [1.29, 1.82) is 0 Å². The predicted octanol–water partition coefficient (Wildman–Crippen LogP) is 4.31. The first-order valence-corrected chi connectivity index (χ1v) is 11.5. The molecule has 1 atom stereocenters. The Labute approximate surface area is 200 Å². The molecule has 1 aromatic heterocycles. The van der Waals surface area contributed by atoms with Crippen molar-refractivity contribution in [3.05, 3.63) is 71.4 Å². The molecule has 0 bridgehead atoms. The molecule has 1 aliphatic carbocycles. The van der Waals surface area contributed by atoms with Gasteiger partial charge in [-0.1, -0.05) is 17.9 Å². The minimum atomic E-state index is -0.280. The molecule has 1 amide bonds. The van der Waals surface area contributed by atoms with Crippen LogP contribution in [-0.4, -0.2) is 42.1 Å². The molecule has 2 aromatic carbocycles. The maximum absolute atomic E-state index is 12.9. The van der Waals surface area contributed by atoms with Gasteiger partial charge >= 0.3 is 0 Å². The van der Waals surface area contributed by atoms with Gasteiger partial charge < -0.3 is 20.1 Å². The molecule has 3 aromatic rings. The second-order valence-corrected chi connectivity index (χ2v) is 8.61. The number of aryl methyl sites for hydroxylation is 1. The Morgan fingerprint density at radius 3 is 2.74 bits per heavy atom. The van der Waals surface area contributed by atoms with Crippen molar-refractivity contribution in [2.24, 2.45) is 13.0 Å². The van der Waals surface area contributed by atoms with E-state index in [1.807, 2.05) is 31.2 Å². The Kier molecular flexibility index (Phi) is 7.51. The van der Waals surface area contributed by atoms with Crippen LogP contribution < -0.4 is 15.4 Å².